The first kappa shape index (κ1) is 26.2. The predicted molar refractivity (Wildman–Crippen MR) is 122 cm³/mol. The molecule has 1 aromatic rings. The number of esters is 1. The highest BCUT2D eigenvalue weighted by Gasteiger charge is 2.36. The SMILES string of the molecule is CC(C)CC(NC(=O)C(CC(=O)OCc1ccccc1)C(C)C)C(=O)CC1CNC(=O)C1=O. The Hall–Kier alpha value is -3.03. The minimum Gasteiger partial charge on any atom is -0.461 e. The molecule has 8 heteroatoms. The molecule has 2 N–H and O–H groups in total. The lowest BCUT2D eigenvalue weighted by molar-refractivity contribution is -0.149. The molecule has 0 aromatic heterocycles. The number of hydrogen-bond donors (Lipinski definition) is 2. The highest BCUT2D eigenvalue weighted by Crippen LogP contribution is 2.20. The third-order valence-corrected chi connectivity index (χ3v) is 5.73. The van der Waals surface area contributed by atoms with Crippen molar-refractivity contribution in [3.63, 3.8) is 0 Å². The zero-order valence-corrected chi connectivity index (χ0v) is 19.8. The van der Waals surface area contributed by atoms with Crippen LogP contribution in [0.2, 0.25) is 0 Å². The summed E-state index contributed by atoms with van der Waals surface area (Å²) in [5, 5.41) is 5.24. The number of Topliss-reactive ketones (excluding diaryl/α,β-unsaturated/α-hetero) is 2. The van der Waals surface area contributed by atoms with E-state index in [0.717, 1.165) is 5.56 Å². The van der Waals surface area contributed by atoms with E-state index < -0.39 is 41.4 Å². The third-order valence-electron chi connectivity index (χ3n) is 5.73. The van der Waals surface area contributed by atoms with Crippen molar-refractivity contribution >= 4 is 29.4 Å². The molecule has 180 valence electrons. The van der Waals surface area contributed by atoms with Crippen LogP contribution in [0.25, 0.3) is 0 Å². The van der Waals surface area contributed by atoms with Crippen LogP contribution in [0.1, 0.15) is 52.5 Å². The van der Waals surface area contributed by atoms with Crippen LogP contribution in [0.3, 0.4) is 0 Å². The van der Waals surface area contributed by atoms with E-state index in [2.05, 4.69) is 10.6 Å². The Bertz CT molecular complexity index is 865. The summed E-state index contributed by atoms with van der Waals surface area (Å²) >= 11 is 0. The van der Waals surface area contributed by atoms with Gasteiger partial charge in [0.15, 0.2) is 5.78 Å². The van der Waals surface area contributed by atoms with Crippen molar-refractivity contribution in [3.05, 3.63) is 35.9 Å². The highest BCUT2D eigenvalue weighted by molar-refractivity contribution is 6.39. The van der Waals surface area contributed by atoms with Crippen LogP contribution in [0.5, 0.6) is 0 Å². The maximum absolute atomic E-state index is 13.0. The molecule has 3 unspecified atom stereocenters. The lowest BCUT2D eigenvalue weighted by atomic mass is 9.89. The number of amides is 2. The normalized spacial score (nSPS) is 17.6. The van der Waals surface area contributed by atoms with Gasteiger partial charge in [-0.2, -0.15) is 0 Å². The molecular formula is C25H34N2O6. The van der Waals surface area contributed by atoms with Gasteiger partial charge in [0.1, 0.15) is 6.61 Å². The number of benzene rings is 1. The Kier molecular flexibility index (Phi) is 9.75. The van der Waals surface area contributed by atoms with E-state index in [-0.39, 0.29) is 43.6 Å². The molecule has 0 bridgehead atoms. The standard InChI is InChI=1S/C25H34N2O6/c1-15(2)10-20(21(28)11-18-13-26-25(32)23(18)30)27-24(31)19(16(3)4)12-22(29)33-14-17-8-6-5-7-9-17/h5-9,15-16,18-20H,10-14H2,1-4H3,(H,26,32)(H,27,31). The molecule has 33 heavy (non-hydrogen) atoms. The van der Waals surface area contributed by atoms with E-state index in [0.29, 0.717) is 6.42 Å². The second kappa shape index (κ2) is 12.3. The molecule has 1 aliphatic heterocycles. The molecule has 0 radical (unpaired) electrons. The highest BCUT2D eigenvalue weighted by atomic mass is 16.5. The van der Waals surface area contributed by atoms with Crippen molar-refractivity contribution in [3.8, 4) is 0 Å². The number of carbonyl (C=O) groups is 5. The van der Waals surface area contributed by atoms with E-state index in [4.69, 9.17) is 4.74 Å². The molecule has 1 saturated heterocycles. The minimum atomic E-state index is -0.789. The fourth-order valence-corrected chi connectivity index (χ4v) is 3.76. The minimum absolute atomic E-state index is 0.0988. The average molecular weight is 459 g/mol. The Morgan fingerprint density at radius 3 is 2.30 bits per heavy atom. The Labute approximate surface area is 194 Å². The van der Waals surface area contributed by atoms with Crippen LogP contribution in [0, 0.1) is 23.7 Å². The van der Waals surface area contributed by atoms with E-state index >= 15 is 0 Å². The second-order valence-corrected chi connectivity index (χ2v) is 9.33. The summed E-state index contributed by atoms with van der Waals surface area (Å²) in [5.74, 6) is -3.84. The molecule has 3 atom stereocenters. The monoisotopic (exact) mass is 458 g/mol. The maximum Gasteiger partial charge on any atom is 0.306 e. The number of ether oxygens (including phenoxy) is 1. The Balaban J connectivity index is 1.99. The van der Waals surface area contributed by atoms with Crippen molar-refractivity contribution in [2.24, 2.45) is 23.7 Å². The zero-order chi connectivity index (χ0) is 24.5. The lowest BCUT2D eigenvalue weighted by Gasteiger charge is -2.25. The molecule has 0 saturated carbocycles. The average Bonchev–Trinajstić information content (AvgIpc) is 3.07. The molecule has 0 spiro atoms. The van der Waals surface area contributed by atoms with Gasteiger partial charge in [-0.3, -0.25) is 24.0 Å². The molecule has 0 aliphatic carbocycles. The summed E-state index contributed by atoms with van der Waals surface area (Å²) in [6.07, 6.45) is 0.190. The summed E-state index contributed by atoms with van der Waals surface area (Å²) in [5.41, 5.74) is 0.855. The van der Waals surface area contributed by atoms with Crippen molar-refractivity contribution in [2.75, 3.05) is 6.54 Å². The van der Waals surface area contributed by atoms with E-state index in [1.165, 1.54) is 0 Å². The first-order valence-electron chi connectivity index (χ1n) is 11.4. The molecular weight excluding hydrogens is 424 g/mol. The summed E-state index contributed by atoms with van der Waals surface area (Å²) in [6, 6.07) is 8.48. The van der Waals surface area contributed by atoms with Crippen molar-refractivity contribution in [1.82, 2.24) is 10.6 Å². The van der Waals surface area contributed by atoms with Gasteiger partial charge in [-0.05, 0) is 23.8 Å². The number of hydrogen-bond acceptors (Lipinski definition) is 6. The number of ketones is 2. The smallest absolute Gasteiger partial charge is 0.306 e. The fourth-order valence-electron chi connectivity index (χ4n) is 3.76. The molecule has 2 amide bonds. The van der Waals surface area contributed by atoms with E-state index in [9.17, 15) is 24.0 Å². The summed E-state index contributed by atoms with van der Waals surface area (Å²) in [6.45, 7) is 7.79. The summed E-state index contributed by atoms with van der Waals surface area (Å²) < 4.78 is 5.32. The molecule has 1 aromatic carbocycles. The largest absolute Gasteiger partial charge is 0.461 e. The number of rotatable bonds is 12. The lowest BCUT2D eigenvalue weighted by Crippen LogP contribution is -2.46. The van der Waals surface area contributed by atoms with Gasteiger partial charge in [-0.25, -0.2) is 0 Å². The predicted octanol–water partition coefficient (Wildman–Crippen LogP) is 2.20. The van der Waals surface area contributed by atoms with Gasteiger partial charge < -0.3 is 15.4 Å². The van der Waals surface area contributed by atoms with Gasteiger partial charge in [0.2, 0.25) is 11.7 Å². The van der Waals surface area contributed by atoms with Crippen molar-refractivity contribution in [1.29, 1.82) is 0 Å². The first-order valence-corrected chi connectivity index (χ1v) is 11.4. The maximum atomic E-state index is 13.0. The molecule has 1 fully saturated rings. The third kappa shape index (κ3) is 8.11. The molecule has 2 rings (SSSR count). The van der Waals surface area contributed by atoms with E-state index in [1.807, 2.05) is 58.0 Å². The summed E-state index contributed by atoms with van der Waals surface area (Å²) in [4.78, 5) is 61.6. The van der Waals surface area contributed by atoms with Crippen molar-refractivity contribution < 1.29 is 28.7 Å². The second-order valence-electron chi connectivity index (χ2n) is 9.33. The van der Waals surface area contributed by atoms with Crippen molar-refractivity contribution in [2.45, 2.75) is 59.6 Å². The van der Waals surface area contributed by atoms with Gasteiger partial charge in [-0.1, -0.05) is 58.0 Å². The summed E-state index contributed by atoms with van der Waals surface area (Å²) in [7, 11) is 0. The van der Waals surface area contributed by atoms with Crippen LogP contribution >= 0.6 is 0 Å². The number of carbonyl (C=O) groups excluding carboxylic acids is 5. The van der Waals surface area contributed by atoms with Gasteiger partial charge in [-0.15, -0.1) is 0 Å². The van der Waals surface area contributed by atoms with Gasteiger partial charge in [0.05, 0.1) is 24.3 Å². The first-order chi connectivity index (χ1) is 15.6. The Morgan fingerprint density at radius 1 is 1.09 bits per heavy atom. The van der Waals surface area contributed by atoms with Gasteiger partial charge in [0, 0.05) is 13.0 Å². The Morgan fingerprint density at radius 2 is 1.76 bits per heavy atom. The zero-order valence-electron chi connectivity index (χ0n) is 19.8. The van der Waals surface area contributed by atoms with Gasteiger partial charge >= 0.3 is 5.97 Å². The number of nitrogens with one attached hydrogen (secondary N) is 2. The fraction of sp³-hybridized carbons (Fsp3) is 0.560. The van der Waals surface area contributed by atoms with Crippen LogP contribution in [0.4, 0.5) is 0 Å². The van der Waals surface area contributed by atoms with Crippen LogP contribution < -0.4 is 10.6 Å². The molecule has 8 nitrogen and oxygen atoms in total. The quantitative estimate of drug-likeness (QED) is 0.366. The molecule has 1 aliphatic rings. The van der Waals surface area contributed by atoms with Crippen LogP contribution in [-0.2, 0) is 35.3 Å². The van der Waals surface area contributed by atoms with Crippen LogP contribution in [-0.4, -0.2) is 41.9 Å². The van der Waals surface area contributed by atoms with E-state index in [1.54, 1.807) is 0 Å². The van der Waals surface area contributed by atoms with Gasteiger partial charge in [0.25, 0.3) is 5.91 Å². The van der Waals surface area contributed by atoms with Crippen LogP contribution in [0.15, 0.2) is 30.3 Å². The topological polar surface area (TPSA) is 119 Å². The molecule has 1 heterocycles.